The number of methoxy groups -OCH3 is 1. The van der Waals surface area contributed by atoms with Gasteiger partial charge in [0.2, 0.25) is 0 Å². The molecule has 2 N–H and O–H groups in total. The molecule has 5 nitrogen and oxygen atoms in total. The summed E-state index contributed by atoms with van der Waals surface area (Å²) in [7, 11) is 1.41. The Kier molecular flexibility index (Phi) is 3.87. The fourth-order valence-electron chi connectivity index (χ4n) is 1.52. The van der Waals surface area contributed by atoms with Gasteiger partial charge < -0.3 is 15.2 Å². The van der Waals surface area contributed by atoms with Gasteiger partial charge >= 0.3 is 0 Å². The number of phenols is 1. The normalized spacial score (nSPS) is 10.0. The summed E-state index contributed by atoms with van der Waals surface area (Å²) >= 11 is 5.89. The maximum atomic E-state index is 12.0. The lowest BCUT2D eigenvalue weighted by Crippen LogP contribution is -2.13. The summed E-state index contributed by atoms with van der Waals surface area (Å²) in [5.41, 5.74) is 0.0843. The number of phenolic OH excluding ortho intramolecular Hbond substituents is 1. The van der Waals surface area contributed by atoms with Gasteiger partial charge in [-0.25, -0.2) is 4.98 Å². The van der Waals surface area contributed by atoms with Gasteiger partial charge in [0.1, 0.15) is 0 Å². The number of amides is 1. The van der Waals surface area contributed by atoms with E-state index in [-0.39, 0.29) is 22.9 Å². The largest absolute Gasteiger partial charge is 0.504 e. The number of carbonyl (C=O) groups excluding carboxylic acids is 1. The fourth-order valence-corrected chi connectivity index (χ4v) is 1.69. The third-order valence-corrected chi connectivity index (χ3v) is 2.76. The molecule has 6 heteroatoms. The van der Waals surface area contributed by atoms with Crippen LogP contribution in [0.2, 0.25) is 5.02 Å². The highest BCUT2D eigenvalue weighted by Gasteiger charge is 2.16. The van der Waals surface area contributed by atoms with E-state index in [1.807, 2.05) is 0 Å². The van der Waals surface area contributed by atoms with E-state index >= 15 is 0 Å². The van der Waals surface area contributed by atoms with Crippen LogP contribution in [0.1, 0.15) is 10.4 Å². The summed E-state index contributed by atoms with van der Waals surface area (Å²) in [6.45, 7) is 0. The van der Waals surface area contributed by atoms with Crippen molar-refractivity contribution in [2.24, 2.45) is 0 Å². The van der Waals surface area contributed by atoms with Crippen molar-refractivity contribution >= 4 is 23.3 Å². The van der Waals surface area contributed by atoms with Crippen LogP contribution in [0.3, 0.4) is 0 Å². The molecular weight excluding hydrogens is 268 g/mol. The molecule has 0 aliphatic heterocycles. The van der Waals surface area contributed by atoms with Crippen molar-refractivity contribution in [3.8, 4) is 11.5 Å². The number of hydrogen-bond donors (Lipinski definition) is 2. The molecule has 1 heterocycles. The Morgan fingerprint density at radius 2 is 2.16 bits per heavy atom. The maximum absolute atomic E-state index is 12.0. The third kappa shape index (κ3) is 2.77. The molecule has 0 fully saturated rings. The Hall–Kier alpha value is -2.27. The SMILES string of the molecule is COc1cccc(C(=O)Nc2ncccc2Cl)c1O. The average Bonchev–Trinajstić information content (AvgIpc) is 2.41. The smallest absolute Gasteiger partial charge is 0.260 e. The van der Waals surface area contributed by atoms with Crippen molar-refractivity contribution in [3.63, 3.8) is 0 Å². The van der Waals surface area contributed by atoms with Gasteiger partial charge in [-0.2, -0.15) is 0 Å². The van der Waals surface area contributed by atoms with Crippen LogP contribution in [0.5, 0.6) is 11.5 Å². The lowest BCUT2D eigenvalue weighted by atomic mass is 10.1. The number of pyridine rings is 1. The minimum absolute atomic E-state index is 0.0843. The van der Waals surface area contributed by atoms with Crippen molar-refractivity contribution < 1.29 is 14.6 Å². The molecule has 98 valence electrons. The number of rotatable bonds is 3. The number of halogens is 1. The van der Waals surface area contributed by atoms with Crippen molar-refractivity contribution in [3.05, 3.63) is 47.1 Å². The first-order valence-corrected chi connectivity index (χ1v) is 5.79. The summed E-state index contributed by atoms with van der Waals surface area (Å²) in [6, 6.07) is 7.90. The van der Waals surface area contributed by atoms with Crippen LogP contribution in [-0.2, 0) is 0 Å². The number of aromatic hydroxyl groups is 1. The predicted octanol–water partition coefficient (Wildman–Crippen LogP) is 2.70. The Labute approximate surface area is 114 Å². The number of ether oxygens (including phenoxy) is 1. The van der Waals surface area contributed by atoms with Gasteiger partial charge in [0.15, 0.2) is 17.3 Å². The summed E-state index contributed by atoms with van der Waals surface area (Å²) in [4.78, 5) is 16.0. The molecule has 1 aromatic heterocycles. The monoisotopic (exact) mass is 278 g/mol. The number of nitrogens with one attached hydrogen (secondary N) is 1. The minimum atomic E-state index is -0.517. The number of carbonyl (C=O) groups is 1. The summed E-state index contributed by atoms with van der Waals surface area (Å²) in [5.74, 6) is -0.289. The van der Waals surface area contributed by atoms with E-state index in [1.54, 1.807) is 24.3 Å². The molecule has 0 aliphatic rings. The zero-order chi connectivity index (χ0) is 13.8. The van der Waals surface area contributed by atoms with Gasteiger partial charge in [-0.05, 0) is 24.3 Å². The van der Waals surface area contributed by atoms with Gasteiger partial charge in [-0.1, -0.05) is 17.7 Å². The topological polar surface area (TPSA) is 71.5 Å². The van der Waals surface area contributed by atoms with Crippen LogP contribution >= 0.6 is 11.6 Å². The van der Waals surface area contributed by atoms with E-state index in [4.69, 9.17) is 16.3 Å². The molecule has 2 aromatic rings. The molecule has 0 saturated heterocycles. The highest BCUT2D eigenvalue weighted by Crippen LogP contribution is 2.30. The molecule has 2 rings (SSSR count). The average molecular weight is 279 g/mol. The molecule has 0 unspecified atom stereocenters. The van der Waals surface area contributed by atoms with Crippen molar-refractivity contribution in [2.75, 3.05) is 12.4 Å². The van der Waals surface area contributed by atoms with Crippen LogP contribution in [0.15, 0.2) is 36.5 Å². The van der Waals surface area contributed by atoms with Gasteiger partial charge in [0, 0.05) is 6.20 Å². The second-order valence-electron chi connectivity index (χ2n) is 3.64. The van der Waals surface area contributed by atoms with Crippen molar-refractivity contribution in [1.82, 2.24) is 4.98 Å². The number of benzene rings is 1. The molecular formula is C13H11ClN2O3. The van der Waals surface area contributed by atoms with Crippen LogP contribution in [-0.4, -0.2) is 23.1 Å². The highest BCUT2D eigenvalue weighted by atomic mass is 35.5. The van der Waals surface area contributed by atoms with E-state index in [9.17, 15) is 9.90 Å². The molecule has 0 saturated carbocycles. The maximum Gasteiger partial charge on any atom is 0.260 e. The van der Waals surface area contributed by atoms with Gasteiger partial charge in [0.25, 0.3) is 5.91 Å². The highest BCUT2D eigenvalue weighted by molar-refractivity contribution is 6.33. The van der Waals surface area contributed by atoms with Crippen molar-refractivity contribution in [1.29, 1.82) is 0 Å². The molecule has 0 atom stereocenters. The number of para-hydroxylation sites is 1. The lowest BCUT2D eigenvalue weighted by molar-refractivity contribution is 0.102. The molecule has 0 bridgehead atoms. The van der Waals surface area contributed by atoms with Gasteiger partial charge in [-0.3, -0.25) is 4.79 Å². The third-order valence-electron chi connectivity index (χ3n) is 2.45. The minimum Gasteiger partial charge on any atom is -0.504 e. The van der Waals surface area contributed by atoms with Crippen LogP contribution in [0, 0.1) is 0 Å². The van der Waals surface area contributed by atoms with Crippen molar-refractivity contribution in [2.45, 2.75) is 0 Å². The lowest BCUT2D eigenvalue weighted by Gasteiger charge is -2.09. The van der Waals surface area contributed by atoms with Crippen LogP contribution in [0.25, 0.3) is 0 Å². The summed E-state index contributed by atoms with van der Waals surface area (Å²) < 4.78 is 4.94. The Morgan fingerprint density at radius 1 is 1.37 bits per heavy atom. The first-order valence-electron chi connectivity index (χ1n) is 5.41. The van der Waals surface area contributed by atoms with E-state index in [1.165, 1.54) is 19.4 Å². The van der Waals surface area contributed by atoms with Gasteiger partial charge in [-0.15, -0.1) is 0 Å². The molecule has 19 heavy (non-hydrogen) atoms. The second kappa shape index (κ2) is 5.58. The Balaban J connectivity index is 2.28. The molecule has 1 amide bonds. The quantitative estimate of drug-likeness (QED) is 0.905. The number of anilines is 1. The first-order chi connectivity index (χ1) is 9.13. The first kappa shape index (κ1) is 13.2. The standard InChI is InChI=1S/C13H11ClN2O3/c1-19-10-6-2-4-8(11(10)17)13(18)16-12-9(14)5-3-7-15-12/h2-7,17H,1H3,(H,15,16,18). The number of aromatic nitrogens is 1. The molecule has 0 radical (unpaired) electrons. The summed E-state index contributed by atoms with van der Waals surface area (Å²) in [6.07, 6.45) is 1.51. The zero-order valence-electron chi connectivity index (χ0n) is 10.1. The van der Waals surface area contributed by atoms with E-state index in [0.717, 1.165) is 0 Å². The Bertz CT molecular complexity index is 617. The molecule has 0 aliphatic carbocycles. The summed E-state index contributed by atoms with van der Waals surface area (Å²) in [5, 5.41) is 12.7. The van der Waals surface area contributed by atoms with E-state index in [0.29, 0.717) is 5.02 Å². The fraction of sp³-hybridized carbons (Fsp3) is 0.0769. The molecule has 0 spiro atoms. The Morgan fingerprint density at radius 3 is 2.84 bits per heavy atom. The number of hydrogen-bond acceptors (Lipinski definition) is 4. The second-order valence-corrected chi connectivity index (χ2v) is 4.05. The van der Waals surface area contributed by atoms with Crippen LogP contribution in [0.4, 0.5) is 5.82 Å². The predicted molar refractivity (Wildman–Crippen MR) is 71.9 cm³/mol. The van der Waals surface area contributed by atoms with E-state index < -0.39 is 5.91 Å². The zero-order valence-corrected chi connectivity index (χ0v) is 10.8. The number of nitrogens with zero attached hydrogens (tertiary/aromatic N) is 1. The van der Waals surface area contributed by atoms with Crippen LogP contribution < -0.4 is 10.1 Å². The van der Waals surface area contributed by atoms with Gasteiger partial charge in [0.05, 0.1) is 17.7 Å². The molecule has 1 aromatic carbocycles. The van der Waals surface area contributed by atoms with E-state index in [2.05, 4.69) is 10.3 Å².